The second-order valence-corrected chi connectivity index (χ2v) is 11.6. The van der Waals surface area contributed by atoms with Gasteiger partial charge in [0.05, 0.1) is 31.2 Å². The van der Waals surface area contributed by atoms with Crippen LogP contribution >= 0.6 is 0 Å². The van der Waals surface area contributed by atoms with Crippen molar-refractivity contribution in [3.05, 3.63) is 70.7 Å². The van der Waals surface area contributed by atoms with Crippen molar-refractivity contribution in [3.63, 3.8) is 0 Å². The fraction of sp³-hybridized carbons (Fsp3) is 0.581. The number of allylic oxidation sites excluding steroid dienone is 2. The Kier molecular flexibility index (Phi) is 7.73. The van der Waals surface area contributed by atoms with Crippen molar-refractivity contribution >= 4 is 5.78 Å². The number of aliphatic hydroxyl groups excluding tert-OH is 1. The van der Waals surface area contributed by atoms with Gasteiger partial charge in [-0.15, -0.1) is 0 Å². The van der Waals surface area contributed by atoms with Gasteiger partial charge in [0.2, 0.25) is 5.78 Å². The first-order valence-electron chi connectivity index (χ1n) is 13.9. The third-order valence-corrected chi connectivity index (χ3v) is 9.25. The van der Waals surface area contributed by atoms with Gasteiger partial charge >= 0.3 is 0 Å². The van der Waals surface area contributed by atoms with E-state index in [1.54, 1.807) is 12.1 Å². The number of aliphatic hydroxyl groups is 2. The molecular weight excluding hydrogens is 466 g/mol. The van der Waals surface area contributed by atoms with Gasteiger partial charge < -0.3 is 19.4 Å². The fourth-order valence-electron chi connectivity index (χ4n) is 6.87. The molecule has 4 atom stereocenters. The third kappa shape index (κ3) is 5.35. The largest absolute Gasteiger partial charge is 0.461 e. The molecule has 37 heavy (non-hydrogen) atoms. The van der Waals surface area contributed by atoms with E-state index in [0.717, 1.165) is 49.9 Å². The minimum atomic E-state index is -0.867. The molecule has 0 amide bonds. The highest BCUT2D eigenvalue weighted by atomic mass is 16.5. The average molecular weight is 508 g/mol. The van der Waals surface area contributed by atoms with Crippen LogP contribution in [0.4, 0.5) is 0 Å². The number of morpholine rings is 1. The first-order valence-corrected chi connectivity index (χ1v) is 13.9. The number of nitrogens with zero attached hydrogens (tertiary/aromatic N) is 1. The smallest absolute Gasteiger partial charge is 0.228 e. The molecule has 1 saturated carbocycles. The van der Waals surface area contributed by atoms with Crippen LogP contribution in [-0.4, -0.2) is 65.4 Å². The number of benzene rings is 1. The highest BCUT2D eigenvalue weighted by Crippen LogP contribution is 2.58. The molecule has 1 saturated heterocycles. The van der Waals surface area contributed by atoms with Gasteiger partial charge in [-0.05, 0) is 87.1 Å². The molecule has 6 rings (SSSR count). The Balaban J connectivity index is 1.58. The van der Waals surface area contributed by atoms with Crippen LogP contribution in [0.25, 0.3) is 0 Å². The van der Waals surface area contributed by atoms with E-state index >= 15 is 0 Å². The summed E-state index contributed by atoms with van der Waals surface area (Å²) in [5.74, 6) is 0.218. The lowest BCUT2D eigenvalue weighted by Gasteiger charge is -2.46. The second-order valence-electron chi connectivity index (χ2n) is 11.6. The third-order valence-electron chi connectivity index (χ3n) is 9.25. The van der Waals surface area contributed by atoms with Crippen molar-refractivity contribution in [3.8, 4) is 0 Å². The van der Waals surface area contributed by atoms with Crippen LogP contribution in [-0.2, 0) is 11.2 Å². The maximum Gasteiger partial charge on any atom is 0.228 e. The van der Waals surface area contributed by atoms with Gasteiger partial charge in [0, 0.05) is 30.6 Å². The Hall–Kier alpha value is -2.25. The molecular formula is C31H41NO5. The van der Waals surface area contributed by atoms with Crippen molar-refractivity contribution in [2.75, 3.05) is 32.8 Å². The van der Waals surface area contributed by atoms with Crippen molar-refractivity contribution in [1.82, 2.24) is 4.90 Å². The monoisotopic (exact) mass is 507 g/mol. The molecule has 2 bridgehead atoms. The average Bonchev–Trinajstić information content (AvgIpc) is 3.50. The number of hydrogen-bond acceptors (Lipinski definition) is 6. The lowest BCUT2D eigenvalue weighted by atomic mass is 9.64. The number of carbonyl (C=O) groups excluding carboxylic acids is 1. The van der Waals surface area contributed by atoms with Crippen molar-refractivity contribution in [1.29, 1.82) is 0 Å². The lowest BCUT2D eigenvalue weighted by Crippen LogP contribution is -2.54. The van der Waals surface area contributed by atoms with E-state index in [4.69, 9.17) is 9.15 Å². The number of ketones is 1. The predicted octanol–water partition coefficient (Wildman–Crippen LogP) is 4.88. The zero-order chi connectivity index (χ0) is 26.0. The molecule has 6 nitrogen and oxygen atoms in total. The minimum absolute atomic E-state index is 0.0306. The maximum atomic E-state index is 13.7. The van der Waals surface area contributed by atoms with Crippen LogP contribution in [0, 0.1) is 5.41 Å². The summed E-state index contributed by atoms with van der Waals surface area (Å²) in [6.07, 6.45) is 8.60. The fourth-order valence-corrected chi connectivity index (χ4v) is 6.87. The van der Waals surface area contributed by atoms with Gasteiger partial charge in [0.25, 0.3) is 0 Å². The maximum absolute atomic E-state index is 13.7. The number of ether oxygens (including phenoxy) is 1. The molecule has 0 spiro atoms. The summed E-state index contributed by atoms with van der Waals surface area (Å²) in [4.78, 5) is 16.0. The van der Waals surface area contributed by atoms with Crippen molar-refractivity contribution < 1.29 is 24.2 Å². The number of β-amino-alcohol motifs (C(OH)–C–C–N with tert-alkyl or cyclic N) is 1. The van der Waals surface area contributed by atoms with E-state index in [9.17, 15) is 15.0 Å². The molecule has 1 aliphatic heterocycles. The Morgan fingerprint density at radius 2 is 1.97 bits per heavy atom. The molecule has 1 aromatic heterocycles. The van der Waals surface area contributed by atoms with Crippen LogP contribution in [0.2, 0.25) is 0 Å². The minimum Gasteiger partial charge on any atom is -0.461 e. The highest BCUT2D eigenvalue weighted by molar-refractivity contribution is 6.08. The van der Waals surface area contributed by atoms with Gasteiger partial charge in [0.15, 0.2) is 5.76 Å². The predicted molar refractivity (Wildman–Crippen MR) is 143 cm³/mol. The molecule has 200 valence electrons. The normalized spacial score (nSPS) is 31.5. The molecule has 2 fully saturated rings. The molecule has 6 heteroatoms. The summed E-state index contributed by atoms with van der Waals surface area (Å²) >= 11 is 0. The Bertz CT molecular complexity index is 1120. The molecule has 2 N–H and O–H groups in total. The number of furan rings is 1. The second kappa shape index (κ2) is 10.9. The summed E-state index contributed by atoms with van der Waals surface area (Å²) in [6, 6.07) is 9.54. The Morgan fingerprint density at radius 3 is 2.73 bits per heavy atom. The number of rotatable bonds is 4. The first-order chi connectivity index (χ1) is 17.8. The van der Waals surface area contributed by atoms with Crippen molar-refractivity contribution in [2.24, 2.45) is 5.41 Å². The molecule has 2 heterocycles. The summed E-state index contributed by atoms with van der Waals surface area (Å²) in [7, 11) is 0. The standard InChI is InChI=1S/C31H41NO5/c1-22-5-3-12-30(2)27(11-13-31(30,35)21-32-14-17-36-18-15-32)25-10-8-23(19-24(33)9-7-22)20-26(25)29(34)28-6-4-16-37-28/h4-6,8,10,16,20,24,27,33,35H,3,7,9,11-15,17-19,21H2,1-2H3/t24-,27-,30-,31+/m0/s1. The molecule has 0 radical (unpaired) electrons. The quantitative estimate of drug-likeness (QED) is 0.453. The van der Waals surface area contributed by atoms with E-state index in [-0.39, 0.29) is 11.7 Å². The number of fused-ring (bicyclic) bond motifs is 8. The summed E-state index contributed by atoms with van der Waals surface area (Å²) in [6.45, 7) is 8.07. The van der Waals surface area contributed by atoms with Gasteiger partial charge in [-0.2, -0.15) is 0 Å². The van der Waals surface area contributed by atoms with E-state index < -0.39 is 17.1 Å². The molecule has 4 aliphatic rings. The van der Waals surface area contributed by atoms with Crippen molar-refractivity contribution in [2.45, 2.75) is 76.4 Å². The summed E-state index contributed by atoms with van der Waals surface area (Å²) in [5.41, 5.74) is 2.58. The number of carbonyl (C=O) groups is 1. The number of hydrogen-bond donors (Lipinski definition) is 2. The van der Waals surface area contributed by atoms with Crippen LogP contribution < -0.4 is 0 Å². The molecule has 0 unspecified atom stereocenters. The molecule has 1 aromatic carbocycles. The van der Waals surface area contributed by atoms with E-state index in [0.29, 0.717) is 50.3 Å². The van der Waals surface area contributed by atoms with Crippen LogP contribution in [0.1, 0.15) is 85.5 Å². The van der Waals surface area contributed by atoms with Crippen LogP contribution in [0.3, 0.4) is 0 Å². The molecule has 2 aromatic rings. The SMILES string of the molecule is CC1=CCC[C@@]2(C)[C@@H](CC[C@@]2(O)CN2CCOCC2)c2ccc(cc2C(=O)c2ccco2)C[C@@H](O)CC1. The van der Waals surface area contributed by atoms with Gasteiger partial charge in [-0.3, -0.25) is 9.69 Å². The Morgan fingerprint density at radius 1 is 1.16 bits per heavy atom. The summed E-state index contributed by atoms with van der Waals surface area (Å²) < 4.78 is 11.1. The van der Waals surface area contributed by atoms with E-state index in [1.165, 1.54) is 11.8 Å². The van der Waals surface area contributed by atoms with Gasteiger partial charge in [-0.1, -0.05) is 30.7 Å². The van der Waals surface area contributed by atoms with Crippen LogP contribution in [0.15, 0.2) is 52.7 Å². The molecule has 3 aliphatic carbocycles. The van der Waals surface area contributed by atoms with Gasteiger partial charge in [0.1, 0.15) is 0 Å². The van der Waals surface area contributed by atoms with E-state index in [2.05, 4.69) is 37.0 Å². The lowest BCUT2D eigenvalue weighted by molar-refractivity contribution is -0.0959. The highest BCUT2D eigenvalue weighted by Gasteiger charge is 2.57. The Labute approximate surface area is 220 Å². The van der Waals surface area contributed by atoms with Crippen LogP contribution in [0.5, 0.6) is 0 Å². The van der Waals surface area contributed by atoms with E-state index in [1.807, 2.05) is 6.07 Å². The zero-order valence-corrected chi connectivity index (χ0v) is 22.2. The first kappa shape index (κ1) is 26.4. The zero-order valence-electron chi connectivity index (χ0n) is 22.2. The summed E-state index contributed by atoms with van der Waals surface area (Å²) in [5, 5.41) is 23.0. The van der Waals surface area contributed by atoms with Gasteiger partial charge in [-0.25, -0.2) is 0 Å². The topological polar surface area (TPSA) is 83.1 Å².